The molecule has 0 bridgehead atoms. The van der Waals surface area contributed by atoms with Crippen molar-refractivity contribution in [3.8, 4) is 5.75 Å². The molecular formula is C15H24N2O. The van der Waals surface area contributed by atoms with Crippen molar-refractivity contribution < 1.29 is 4.74 Å². The number of hydrogen-bond acceptors (Lipinski definition) is 3. The molecule has 1 aliphatic rings. The average Bonchev–Trinajstić information content (AvgIpc) is 2.65. The molecular weight excluding hydrogens is 224 g/mol. The van der Waals surface area contributed by atoms with Gasteiger partial charge in [0.25, 0.3) is 0 Å². The molecule has 1 saturated heterocycles. The van der Waals surface area contributed by atoms with Gasteiger partial charge in [-0.2, -0.15) is 0 Å². The zero-order chi connectivity index (χ0) is 13.0. The Balaban J connectivity index is 1.69. The molecule has 1 aromatic rings. The number of benzene rings is 1. The second kappa shape index (κ2) is 6.10. The minimum absolute atomic E-state index is 0.723. The maximum atomic E-state index is 5.83. The Kier molecular flexibility index (Phi) is 4.48. The van der Waals surface area contributed by atoms with E-state index in [-0.39, 0.29) is 0 Å². The Morgan fingerprint density at radius 2 is 2.11 bits per heavy atom. The smallest absolute Gasteiger partial charge is 0.142 e. The van der Waals surface area contributed by atoms with Crippen molar-refractivity contribution in [3.63, 3.8) is 0 Å². The maximum Gasteiger partial charge on any atom is 0.142 e. The van der Waals surface area contributed by atoms with Crippen molar-refractivity contribution in [2.24, 2.45) is 5.92 Å². The van der Waals surface area contributed by atoms with Gasteiger partial charge in [-0.3, -0.25) is 0 Å². The van der Waals surface area contributed by atoms with E-state index in [1.54, 1.807) is 0 Å². The van der Waals surface area contributed by atoms with E-state index in [1.807, 2.05) is 24.3 Å². The van der Waals surface area contributed by atoms with Gasteiger partial charge in [0.15, 0.2) is 0 Å². The molecule has 0 aliphatic carbocycles. The van der Waals surface area contributed by atoms with Gasteiger partial charge in [-0.25, -0.2) is 0 Å². The van der Waals surface area contributed by atoms with Gasteiger partial charge in [0.05, 0.1) is 12.3 Å². The molecule has 1 aliphatic heterocycles. The first-order valence-electron chi connectivity index (χ1n) is 6.88. The highest BCUT2D eigenvalue weighted by molar-refractivity contribution is 5.51. The van der Waals surface area contributed by atoms with Crippen LogP contribution in [0.5, 0.6) is 5.75 Å². The van der Waals surface area contributed by atoms with E-state index in [4.69, 9.17) is 10.5 Å². The third kappa shape index (κ3) is 3.39. The highest BCUT2D eigenvalue weighted by Gasteiger charge is 2.25. The number of nitrogen functional groups attached to an aromatic ring is 1. The summed E-state index contributed by atoms with van der Waals surface area (Å²) in [6.45, 7) is 7.75. The summed E-state index contributed by atoms with van der Waals surface area (Å²) in [7, 11) is 0. The fourth-order valence-corrected chi connectivity index (χ4v) is 2.76. The summed E-state index contributed by atoms with van der Waals surface area (Å²) < 4.78 is 5.71. The molecule has 18 heavy (non-hydrogen) atoms. The Morgan fingerprint density at radius 3 is 2.78 bits per heavy atom. The zero-order valence-corrected chi connectivity index (χ0v) is 11.4. The van der Waals surface area contributed by atoms with Gasteiger partial charge < -0.3 is 15.4 Å². The van der Waals surface area contributed by atoms with Gasteiger partial charge in [-0.1, -0.05) is 19.1 Å². The quantitative estimate of drug-likeness (QED) is 0.643. The van der Waals surface area contributed by atoms with Gasteiger partial charge >= 0.3 is 0 Å². The normalized spacial score (nSPS) is 24.3. The van der Waals surface area contributed by atoms with E-state index >= 15 is 0 Å². The van der Waals surface area contributed by atoms with Gasteiger partial charge in [0.2, 0.25) is 0 Å². The molecule has 2 N–H and O–H groups in total. The molecule has 0 aromatic heterocycles. The number of hydrogen-bond donors (Lipinski definition) is 1. The van der Waals surface area contributed by atoms with Crippen LogP contribution in [-0.2, 0) is 0 Å². The van der Waals surface area contributed by atoms with E-state index in [0.717, 1.165) is 43.0 Å². The fourth-order valence-electron chi connectivity index (χ4n) is 2.76. The van der Waals surface area contributed by atoms with Crippen LogP contribution in [0.3, 0.4) is 0 Å². The first kappa shape index (κ1) is 13.2. The van der Waals surface area contributed by atoms with Crippen molar-refractivity contribution in [3.05, 3.63) is 24.3 Å². The van der Waals surface area contributed by atoms with Crippen LogP contribution in [0, 0.1) is 5.92 Å². The highest BCUT2D eigenvalue weighted by atomic mass is 16.5. The number of ether oxygens (including phenoxy) is 1. The minimum atomic E-state index is 0.723. The second-order valence-corrected chi connectivity index (χ2v) is 5.42. The van der Waals surface area contributed by atoms with Crippen molar-refractivity contribution >= 4 is 5.69 Å². The number of anilines is 1. The SMILES string of the molecule is CC1CC(C)N(CCCOc2ccccc2N)C1. The Labute approximate surface area is 110 Å². The van der Waals surface area contributed by atoms with Crippen LogP contribution in [0.25, 0.3) is 0 Å². The molecule has 1 heterocycles. The number of likely N-dealkylation sites (tertiary alicyclic amines) is 1. The summed E-state index contributed by atoms with van der Waals surface area (Å²) in [5, 5.41) is 0. The van der Waals surface area contributed by atoms with Crippen LogP contribution < -0.4 is 10.5 Å². The van der Waals surface area contributed by atoms with E-state index in [0.29, 0.717) is 0 Å². The van der Waals surface area contributed by atoms with Crippen molar-refractivity contribution in [2.45, 2.75) is 32.7 Å². The van der Waals surface area contributed by atoms with Crippen LogP contribution in [0.2, 0.25) is 0 Å². The molecule has 0 radical (unpaired) electrons. The molecule has 100 valence electrons. The molecule has 3 heteroatoms. The van der Waals surface area contributed by atoms with E-state index < -0.39 is 0 Å². The number of nitrogens with two attached hydrogens (primary N) is 1. The van der Waals surface area contributed by atoms with E-state index in [1.165, 1.54) is 13.0 Å². The van der Waals surface area contributed by atoms with Crippen LogP contribution in [0.1, 0.15) is 26.7 Å². The van der Waals surface area contributed by atoms with Crippen LogP contribution >= 0.6 is 0 Å². The third-order valence-electron chi connectivity index (χ3n) is 3.68. The molecule has 1 fully saturated rings. The molecule has 0 amide bonds. The predicted octanol–water partition coefficient (Wildman–Crippen LogP) is 2.77. The van der Waals surface area contributed by atoms with Gasteiger partial charge in [0, 0.05) is 19.1 Å². The number of nitrogens with zero attached hydrogens (tertiary/aromatic N) is 1. The standard InChI is InChI=1S/C15H24N2O/c1-12-10-13(2)17(11-12)8-5-9-18-15-7-4-3-6-14(15)16/h3-4,6-7,12-13H,5,8-11,16H2,1-2H3. The highest BCUT2D eigenvalue weighted by Crippen LogP contribution is 2.23. The van der Waals surface area contributed by atoms with Gasteiger partial charge in [-0.15, -0.1) is 0 Å². The van der Waals surface area contributed by atoms with E-state index in [2.05, 4.69) is 18.7 Å². The molecule has 2 rings (SSSR count). The first-order valence-corrected chi connectivity index (χ1v) is 6.88. The second-order valence-electron chi connectivity index (χ2n) is 5.42. The summed E-state index contributed by atoms with van der Waals surface area (Å²) in [6, 6.07) is 8.41. The number of rotatable bonds is 5. The lowest BCUT2D eigenvalue weighted by Gasteiger charge is -2.20. The largest absolute Gasteiger partial charge is 0.491 e. The number of para-hydroxylation sites is 2. The lowest BCUT2D eigenvalue weighted by Crippen LogP contribution is -2.29. The van der Waals surface area contributed by atoms with E-state index in [9.17, 15) is 0 Å². The fraction of sp³-hybridized carbons (Fsp3) is 0.600. The Morgan fingerprint density at radius 1 is 1.33 bits per heavy atom. The zero-order valence-electron chi connectivity index (χ0n) is 11.4. The van der Waals surface area contributed by atoms with Gasteiger partial charge in [-0.05, 0) is 37.8 Å². The lowest BCUT2D eigenvalue weighted by molar-refractivity contribution is 0.228. The first-order chi connectivity index (χ1) is 8.66. The summed E-state index contributed by atoms with van der Waals surface area (Å²) in [5.74, 6) is 1.64. The summed E-state index contributed by atoms with van der Waals surface area (Å²) in [5.41, 5.74) is 6.55. The molecule has 0 spiro atoms. The lowest BCUT2D eigenvalue weighted by atomic mass is 10.1. The topological polar surface area (TPSA) is 38.5 Å². The summed E-state index contributed by atoms with van der Waals surface area (Å²) in [6.07, 6.45) is 2.39. The van der Waals surface area contributed by atoms with Crippen LogP contribution in [0.15, 0.2) is 24.3 Å². The van der Waals surface area contributed by atoms with Crippen molar-refractivity contribution in [1.82, 2.24) is 4.90 Å². The Bertz CT molecular complexity index is 381. The van der Waals surface area contributed by atoms with Crippen molar-refractivity contribution in [1.29, 1.82) is 0 Å². The summed E-state index contributed by atoms with van der Waals surface area (Å²) >= 11 is 0. The minimum Gasteiger partial charge on any atom is -0.491 e. The monoisotopic (exact) mass is 248 g/mol. The molecule has 2 unspecified atom stereocenters. The molecule has 2 atom stereocenters. The molecule has 1 aromatic carbocycles. The predicted molar refractivity (Wildman–Crippen MR) is 75.8 cm³/mol. The summed E-state index contributed by atoms with van der Waals surface area (Å²) in [4.78, 5) is 2.56. The van der Waals surface area contributed by atoms with Gasteiger partial charge in [0.1, 0.15) is 5.75 Å². The van der Waals surface area contributed by atoms with Crippen LogP contribution in [-0.4, -0.2) is 30.6 Å². The third-order valence-corrected chi connectivity index (χ3v) is 3.68. The Hall–Kier alpha value is -1.22. The maximum absolute atomic E-state index is 5.83. The van der Waals surface area contributed by atoms with Crippen LogP contribution in [0.4, 0.5) is 5.69 Å². The van der Waals surface area contributed by atoms with Crippen molar-refractivity contribution in [2.75, 3.05) is 25.4 Å². The molecule has 3 nitrogen and oxygen atoms in total. The molecule has 0 saturated carbocycles. The average molecular weight is 248 g/mol.